The average Bonchev–Trinajstić information content (AvgIpc) is 3.30. The molecule has 0 radical (unpaired) electrons. The Morgan fingerprint density at radius 3 is 2.65 bits per heavy atom. The quantitative estimate of drug-likeness (QED) is 0.485. The van der Waals surface area contributed by atoms with E-state index >= 15 is 0 Å². The molecule has 0 saturated heterocycles. The predicted molar refractivity (Wildman–Crippen MR) is 110 cm³/mol. The third kappa shape index (κ3) is 4.22. The summed E-state index contributed by atoms with van der Waals surface area (Å²) in [7, 11) is 0. The van der Waals surface area contributed by atoms with Gasteiger partial charge in [-0.15, -0.1) is 0 Å². The zero-order valence-electron chi connectivity index (χ0n) is 17.0. The molecule has 6 nitrogen and oxygen atoms in total. The third-order valence-corrected chi connectivity index (χ3v) is 5.82. The Kier molecular flexibility index (Phi) is 5.39. The van der Waals surface area contributed by atoms with Crippen molar-refractivity contribution in [3.8, 4) is 5.75 Å². The summed E-state index contributed by atoms with van der Waals surface area (Å²) in [6.45, 7) is 3.49. The molecule has 2 aromatic heterocycles. The maximum absolute atomic E-state index is 14.0. The molecule has 0 saturated carbocycles. The van der Waals surface area contributed by atoms with E-state index in [-0.39, 0.29) is 6.54 Å². The van der Waals surface area contributed by atoms with Gasteiger partial charge in [-0.3, -0.25) is 5.32 Å². The lowest BCUT2D eigenvalue weighted by Gasteiger charge is -2.38. The van der Waals surface area contributed by atoms with Crippen molar-refractivity contribution < 1.29 is 23.0 Å². The van der Waals surface area contributed by atoms with Crippen molar-refractivity contribution in [2.75, 3.05) is 6.61 Å². The van der Waals surface area contributed by atoms with Crippen molar-refractivity contribution in [3.05, 3.63) is 52.4 Å². The van der Waals surface area contributed by atoms with E-state index in [4.69, 9.17) is 16.3 Å². The molecule has 3 heterocycles. The molecule has 0 spiro atoms. The van der Waals surface area contributed by atoms with Crippen molar-refractivity contribution in [3.63, 3.8) is 0 Å². The Hall–Kier alpha value is -2.36. The molecule has 1 atom stereocenters. The Bertz CT molecular complexity index is 1080. The molecule has 0 aliphatic carbocycles. The van der Waals surface area contributed by atoms with Crippen LogP contribution in [0, 0.1) is 0 Å². The lowest BCUT2D eigenvalue weighted by atomic mass is 9.76. The van der Waals surface area contributed by atoms with Gasteiger partial charge in [-0.1, -0.05) is 25.4 Å². The van der Waals surface area contributed by atoms with Gasteiger partial charge in [0.15, 0.2) is 0 Å². The van der Waals surface area contributed by atoms with Crippen LogP contribution in [-0.4, -0.2) is 38.8 Å². The van der Waals surface area contributed by atoms with E-state index in [9.17, 15) is 18.3 Å². The van der Waals surface area contributed by atoms with Crippen LogP contribution in [0.1, 0.15) is 37.1 Å². The predicted octanol–water partition coefficient (Wildman–Crippen LogP) is 4.25. The van der Waals surface area contributed by atoms with Crippen molar-refractivity contribution in [2.45, 2.75) is 50.6 Å². The number of nitrogens with zero attached hydrogens (tertiary/aromatic N) is 2. The fraction of sp³-hybridized carbons (Fsp3) is 0.429. The maximum atomic E-state index is 14.0. The molecule has 0 fully saturated rings. The topological polar surface area (TPSA) is 83.1 Å². The zero-order valence-corrected chi connectivity index (χ0v) is 17.7. The number of hydrogen-bond donors (Lipinski definition) is 3. The van der Waals surface area contributed by atoms with Gasteiger partial charge in [0, 0.05) is 41.1 Å². The zero-order chi connectivity index (χ0) is 22.4. The monoisotopic (exact) mass is 454 g/mol. The number of hydrogen-bond acceptors (Lipinski definition) is 5. The molecule has 166 valence electrons. The van der Waals surface area contributed by atoms with Gasteiger partial charge in [0.05, 0.1) is 24.5 Å². The first-order valence-corrected chi connectivity index (χ1v) is 10.1. The van der Waals surface area contributed by atoms with Gasteiger partial charge in [0.25, 0.3) is 0 Å². The maximum Gasteiger partial charge on any atom is 0.431 e. The van der Waals surface area contributed by atoms with Crippen LogP contribution < -0.4 is 10.1 Å². The summed E-state index contributed by atoms with van der Waals surface area (Å²) in [5.41, 5.74) is -1.71. The number of rotatable bonds is 6. The highest BCUT2D eigenvalue weighted by atomic mass is 35.5. The molecule has 31 heavy (non-hydrogen) atoms. The molecule has 1 aromatic carbocycles. The van der Waals surface area contributed by atoms with Gasteiger partial charge in [0.2, 0.25) is 5.72 Å². The van der Waals surface area contributed by atoms with Crippen LogP contribution in [0.15, 0.2) is 30.6 Å². The van der Waals surface area contributed by atoms with E-state index in [2.05, 4.69) is 20.5 Å². The van der Waals surface area contributed by atoms with Gasteiger partial charge >= 0.3 is 6.18 Å². The fourth-order valence-electron chi connectivity index (χ4n) is 4.05. The van der Waals surface area contributed by atoms with E-state index in [1.807, 2.05) is 0 Å². The number of benzene rings is 1. The van der Waals surface area contributed by atoms with E-state index in [0.717, 1.165) is 5.56 Å². The second-order valence-corrected chi connectivity index (χ2v) is 8.90. The minimum Gasteiger partial charge on any atom is -0.493 e. The van der Waals surface area contributed by atoms with Crippen LogP contribution in [0.4, 0.5) is 13.2 Å². The Labute approximate surface area is 181 Å². The molecule has 3 aromatic rings. The molecular weight excluding hydrogens is 433 g/mol. The standard InChI is InChI=1S/C21H22ClF3N4O2/c1-19(2,16-7-14(22)5-12-3-4-31-18(12)16)11-20(30,21(23,24)25)26-9-15-6-13-8-27-28-10-17(13)29-15/h5-8,10,26,29-30H,3-4,9,11H2,1-2H3. The van der Waals surface area contributed by atoms with E-state index in [1.54, 1.807) is 32.0 Å². The SMILES string of the molecule is CC(C)(CC(O)(NCc1cc2cnncc2[nH]1)C(F)(F)F)c1cc(Cl)cc2c1OCC2. The number of nitrogens with one attached hydrogen (secondary N) is 2. The lowest BCUT2D eigenvalue weighted by Crippen LogP contribution is -2.59. The molecule has 1 unspecified atom stereocenters. The molecule has 10 heteroatoms. The van der Waals surface area contributed by atoms with Crippen LogP contribution >= 0.6 is 11.6 Å². The molecule has 0 amide bonds. The first-order chi connectivity index (χ1) is 14.5. The van der Waals surface area contributed by atoms with Crippen molar-refractivity contribution in [1.29, 1.82) is 0 Å². The van der Waals surface area contributed by atoms with Crippen molar-refractivity contribution in [1.82, 2.24) is 20.5 Å². The highest BCUT2D eigenvalue weighted by molar-refractivity contribution is 6.30. The summed E-state index contributed by atoms with van der Waals surface area (Å²) >= 11 is 6.21. The van der Waals surface area contributed by atoms with Crippen molar-refractivity contribution >= 4 is 22.5 Å². The summed E-state index contributed by atoms with van der Waals surface area (Å²) in [4.78, 5) is 2.97. The number of fused-ring (bicyclic) bond motifs is 2. The molecule has 0 bridgehead atoms. The van der Waals surface area contributed by atoms with Crippen LogP contribution in [0.5, 0.6) is 5.75 Å². The van der Waals surface area contributed by atoms with Gasteiger partial charge in [-0.25, -0.2) is 0 Å². The summed E-state index contributed by atoms with van der Waals surface area (Å²) in [6.07, 6.45) is -1.92. The molecule has 4 rings (SSSR count). The van der Waals surface area contributed by atoms with Gasteiger partial charge < -0.3 is 14.8 Å². The minimum absolute atomic E-state index is 0.231. The van der Waals surface area contributed by atoms with Crippen LogP contribution in [-0.2, 0) is 18.4 Å². The van der Waals surface area contributed by atoms with Crippen molar-refractivity contribution in [2.24, 2.45) is 0 Å². The number of aromatic amines is 1. The van der Waals surface area contributed by atoms with Crippen LogP contribution in [0.25, 0.3) is 10.9 Å². The van der Waals surface area contributed by atoms with Crippen LogP contribution in [0.2, 0.25) is 5.02 Å². The van der Waals surface area contributed by atoms with Crippen LogP contribution in [0.3, 0.4) is 0 Å². The lowest BCUT2D eigenvalue weighted by molar-refractivity contribution is -0.280. The number of aliphatic hydroxyl groups is 1. The van der Waals surface area contributed by atoms with Gasteiger partial charge in [0.1, 0.15) is 5.75 Å². The Morgan fingerprint density at radius 2 is 1.94 bits per heavy atom. The second-order valence-electron chi connectivity index (χ2n) is 8.47. The highest BCUT2D eigenvalue weighted by Gasteiger charge is 2.56. The minimum atomic E-state index is -4.91. The van der Waals surface area contributed by atoms with E-state index in [0.29, 0.717) is 46.0 Å². The third-order valence-electron chi connectivity index (χ3n) is 5.60. The molecule has 1 aliphatic heterocycles. The summed E-state index contributed by atoms with van der Waals surface area (Å²) < 4.78 is 47.7. The van der Waals surface area contributed by atoms with Gasteiger partial charge in [-0.05, 0) is 29.2 Å². The normalized spacial score (nSPS) is 16.2. The fourth-order valence-corrected chi connectivity index (χ4v) is 4.29. The average molecular weight is 455 g/mol. The summed E-state index contributed by atoms with van der Waals surface area (Å²) in [6, 6.07) is 5.04. The summed E-state index contributed by atoms with van der Waals surface area (Å²) in [5, 5.41) is 21.7. The number of halogens is 4. The van der Waals surface area contributed by atoms with Gasteiger partial charge in [-0.2, -0.15) is 23.4 Å². The Morgan fingerprint density at radius 1 is 1.19 bits per heavy atom. The largest absolute Gasteiger partial charge is 0.493 e. The smallest absolute Gasteiger partial charge is 0.431 e. The number of H-pyrrole nitrogens is 1. The number of ether oxygens (including phenoxy) is 1. The first kappa shape index (κ1) is 21.9. The first-order valence-electron chi connectivity index (χ1n) is 9.77. The Balaban J connectivity index is 1.61. The number of aromatic nitrogens is 3. The highest BCUT2D eigenvalue weighted by Crippen LogP contribution is 2.45. The molecule has 1 aliphatic rings. The van der Waals surface area contributed by atoms with E-state index in [1.165, 1.54) is 12.4 Å². The molecule has 3 N–H and O–H groups in total. The van der Waals surface area contributed by atoms with E-state index < -0.39 is 23.7 Å². The molecular formula is C21H22ClF3N4O2. The summed E-state index contributed by atoms with van der Waals surface area (Å²) in [5.74, 6) is 0.551. The number of alkyl halides is 3. The second kappa shape index (κ2) is 7.65.